The molecule has 0 radical (unpaired) electrons. The zero-order chi connectivity index (χ0) is 10.2. The number of hydrogen-bond donors (Lipinski definition) is 0. The third-order valence-electron chi connectivity index (χ3n) is 3.89. The molecule has 0 atom stereocenters. The molecule has 1 aliphatic carbocycles. The quantitative estimate of drug-likeness (QED) is 0.595. The van der Waals surface area contributed by atoms with Crippen LogP contribution in [0.4, 0.5) is 0 Å². The van der Waals surface area contributed by atoms with E-state index in [1.807, 2.05) is 0 Å². The minimum Gasteiger partial charge on any atom is -0.381 e. The van der Waals surface area contributed by atoms with E-state index in [2.05, 4.69) is 13.8 Å². The van der Waals surface area contributed by atoms with Gasteiger partial charge in [0.05, 0.1) is 0 Å². The third-order valence-corrected chi connectivity index (χ3v) is 3.89. The summed E-state index contributed by atoms with van der Waals surface area (Å²) in [4.78, 5) is 12.0. The van der Waals surface area contributed by atoms with E-state index in [0.717, 1.165) is 45.3 Å². The summed E-state index contributed by atoms with van der Waals surface area (Å²) >= 11 is 0. The number of carbonyl (C=O) groups excluding carboxylic acids is 1. The van der Waals surface area contributed by atoms with Crippen molar-refractivity contribution in [3.63, 3.8) is 0 Å². The van der Waals surface area contributed by atoms with Gasteiger partial charge in [-0.1, -0.05) is 13.8 Å². The number of ether oxygens (including phenoxy) is 1. The molecule has 1 saturated heterocycles. The van der Waals surface area contributed by atoms with Crippen molar-refractivity contribution in [3.8, 4) is 0 Å². The van der Waals surface area contributed by atoms with Crippen molar-refractivity contribution in [2.75, 3.05) is 13.2 Å². The molecule has 0 N–H and O–H groups in total. The number of ketones is 1. The second kappa shape index (κ2) is 3.34. The molecule has 2 rings (SSSR count). The largest absolute Gasteiger partial charge is 0.381 e. The minimum absolute atomic E-state index is 0.0139. The van der Waals surface area contributed by atoms with Crippen LogP contribution in [0.5, 0.6) is 0 Å². The van der Waals surface area contributed by atoms with E-state index in [-0.39, 0.29) is 5.41 Å². The molecule has 2 nitrogen and oxygen atoms in total. The number of carbonyl (C=O) groups is 1. The van der Waals surface area contributed by atoms with Crippen LogP contribution < -0.4 is 0 Å². The lowest BCUT2D eigenvalue weighted by molar-refractivity contribution is -0.142. The maximum Gasteiger partial charge on any atom is 0.139 e. The lowest BCUT2D eigenvalue weighted by atomic mass is 9.60. The van der Waals surface area contributed by atoms with Gasteiger partial charge in [-0.15, -0.1) is 0 Å². The van der Waals surface area contributed by atoms with Crippen LogP contribution in [0.15, 0.2) is 0 Å². The molecule has 0 aromatic carbocycles. The Bertz CT molecular complexity index is 237. The first-order chi connectivity index (χ1) is 6.54. The molecule has 1 aliphatic heterocycles. The van der Waals surface area contributed by atoms with Crippen molar-refractivity contribution in [2.24, 2.45) is 10.8 Å². The van der Waals surface area contributed by atoms with Gasteiger partial charge in [-0.3, -0.25) is 4.79 Å². The van der Waals surface area contributed by atoms with Gasteiger partial charge in [-0.05, 0) is 31.1 Å². The first kappa shape index (κ1) is 10.2. The first-order valence-corrected chi connectivity index (χ1v) is 5.65. The van der Waals surface area contributed by atoms with Crippen LogP contribution in [0, 0.1) is 10.8 Å². The monoisotopic (exact) mass is 196 g/mol. The average molecular weight is 196 g/mol. The molecule has 0 amide bonds. The lowest BCUT2D eigenvalue weighted by Gasteiger charge is -2.45. The van der Waals surface area contributed by atoms with Gasteiger partial charge in [-0.25, -0.2) is 0 Å². The fraction of sp³-hybridized carbons (Fsp3) is 0.917. The van der Waals surface area contributed by atoms with Gasteiger partial charge in [0.2, 0.25) is 0 Å². The predicted molar refractivity (Wildman–Crippen MR) is 55.1 cm³/mol. The van der Waals surface area contributed by atoms with Gasteiger partial charge in [0, 0.05) is 25.0 Å². The smallest absolute Gasteiger partial charge is 0.139 e. The summed E-state index contributed by atoms with van der Waals surface area (Å²) in [6, 6.07) is 0. The average Bonchev–Trinajstić information content (AvgIpc) is 2.13. The van der Waals surface area contributed by atoms with Crippen LogP contribution >= 0.6 is 0 Å². The molecule has 1 saturated carbocycles. The summed E-state index contributed by atoms with van der Waals surface area (Å²) in [5, 5.41) is 0. The molecule has 2 aliphatic rings. The Morgan fingerprint density at radius 3 is 2.43 bits per heavy atom. The number of Topliss-reactive ketones (excluding diaryl/α,β-unsaturated/α-hetero) is 1. The maximum atomic E-state index is 12.0. The molecular weight excluding hydrogens is 176 g/mol. The highest BCUT2D eigenvalue weighted by atomic mass is 16.5. The van der Waals surface area contributed by atoms with Crippen LogP contribution in [0.1, 0.15) is 46.0 Å². The van der Waals surface area contributed by atoms with Gasteiger partial charge in [0.25, 0.3) is 0 Å². The fourth-order valence-corrected chi connectivity index (χ4v) is 3.04. The van der Waals surface area contributed by atoms with Crippen LogP contribution in [-0.2, 0) is 9.53 Å². The Balaban J connectivity index is 2.17. The molecule has 0 unspecified atom stereocenters. The molecule has 1 heterocycles. The van der Waals surface area contributed by atoms with Gasteiger partial charge >= 0.3 is 0 Å². The molecule has 80 valence electrons. The van der Waals surface area contributed by atoms with E-state index in [4.69, 9.17) is 4.74 Å². The lowest BCUT2D eigenvalue weighted by Crippen LogP contribution is -2.44. The Morgan fingerprint density at radius 1 is 1.14 bits per heavy atom. The van der Waals surface area contributed by atoms with Gasteiger partial charge in [0.15, 0.2) is 0 Å². The zero-order valence-electron chi connectivity index (χ0n) is 9.27. The van der Waals surface area contributed by atoms with Crippen molar-refractivity contribution < 1.29 is 9.53 Å². The second-order valence-corrected chi connectivity index (χ2v) is 5.66. The van der Waals surface area contributed by atoms with Crippen molar-refractivity contribution in [1.29, 1.82) is 0 Å². The summed E-state index contributed by atoms with van der Waals surface area (Å²) in [6.07, 6.45) is 4.83. The van der Waals surface area contributed by atoms with E-state index >= 15 is 0 Å². The highest BCUT2D eigenvalue weighted by molar-refractivity contribution is 5.85. The molecular formula is C12H20O2. The van der Waals surface area contributed by atoms with Crippen molar-refractivity contribution in [3.05, 3.63) is 0 Å². The Hall–Kier alpha value is -0.370. The normalized spacial score (nSPS) is 30.6. The van der Waals surface area contributed by atoms with Gasteiger partial charge in [-0.2, -0.15) is 0 Å². The summed E-state index contributed by atoms with van der Waals surface area (Å²) in [5.41, 5.74) is 0.339. The summed E-state index contributed by atoms with van der Waals surface area (Å²) in [6.45, 7) is 6.14. The highest BCUT2D eigenvalue weighted by Crippen LogP contribution is 2.49. The number of hydrogen-bond acceptors (Lipinski definition) is 2. The van der Waals surface area contributed by atoms with E-state index in [9.17, 15) is 4.79 Å². The van der Waals surface area contributed by atoms with Crippen LogP contribution in [0.25, 0.3) is 0 Å². The summed E-state index contributed by atoms with van der Waals surface area (Å²) < 4.78 is 5.36. The Labute approximate surface area is 86.0 Å². The standard InChI is InChI=1S/C12H20O2/c1-11(2)4-3-10(13)12(9-11)5-7-14-8-6-12/h3-9H2,1-2H3. The highest BCUT2D eigenvalue weighted by Gasteiger charge is 2.46. The SMILES string of the molecule is CC1(C)CCC(=O)C2(CCOCC2)C1. The number of rotatable bonds is 0. The maximum absolute atomic E-state index is 12.0. The topological polar surface area (TPSA) is 26.3 Å². The van der Waals surface area contributed by atoms with Gasteiger partial charge in [0.1, 0.15) is 5.78 Å². The molecule has 0 bridgehead atoms. The van der Waals surface area contributed by atoms with Crippen molar-refractivity contribution in [1.82, 2.24) is 0 Å². The molecule has 2 fully saturated rings. The summed E-state index contributed by atoms with van der Waals surface area (Å²) in [5.74, 6) is 0.500. The zero-order valence-corrected chi connectivity index (χ0v) is 9.27. The van der Waals surface area contributed by atoms with Crippen LogP contribution in [-0.4, -0.2) is 19.0 Å². The van der Waals surface area contributed by atoms with E-state index < -0.39 is 0 Å². The van der Waals surface area contributed by atoms with Crippen molar-refractivity contribution in [2.45, 2.75) is 46.0 Å². The predicted octanol–water partition coefficient (Wildman–Crippen LogP) is 2.56. The minimum atomic E-state index is -0.0139. The Kier molecular flexibility index (Phi) is 2.42. The van der Waals surface area contributed by atoms with Crippen LogP contribution in [0.3, 0.4) is 0 Å². The van der Waals surface area contributed by atoms with Crippen molar-refractivity contribution >= 4 is 5.78 Å². The van der Waals surface area contributed by atoms with Crippen LogP contribution in [0.2, 0.25) is 0 Å². The second-order valence-electron chi connectivity index (χ2n) is 5.66. The molecule has 1 spiro atoms. The molecule has 14 heavy (non-hydrogen) atoms. The first-order valence-electron chi connectivity index (χ1n) is 5.65. The Morgan fingerprint density at radius 2 is 1.79 bits per heavy atom. The molecule has 2 heteroatoms. The van der Waals surface area contributed by atoms with E-state index in [0.29, 0.717) is 11.2 Å². The van der Waals surface area contributed by atoms with E-state index in [1.165, 1.54) is 0 Å². The molecule has 0 aromatic heterocycles. The third kappa shape index (κ3) is 1.72. The molecule has 0 aromatic rings. The van der Waals surface area contributed by atoms with Gasteiger partial charge < -0.3 is 4.74 Å². The fourth-order valence-electron chi connectivity index (χ4n) is 3.04. The van der Waals surface area contributed by atoms with E-state index in [1.54, 1.807) is 0 Å². The summed E-state index contributed by atoms with van der Waals surface area (Å²) in [7, 11) is 0.